The molecule has 2 aromatic rings. The summed E-state index contributed by atoms with van der Waals surface area (Å²) in [4.78, 5) is 14.5. The van der Waals surface area contributed by atoms with E-state index in [-0.39, 0.29) is 12.5 Å². The van der Waals surface area contributed by atoms with E-state index in [1.165, 1.54) is 24.1 Å². The Morgan fingerprint density at radius 3 is 2.35 bits per heavy atom. The summed E-state index contributed by atoms with van der Waals surface area (Å²) in [7, 11) is 0. The number of piperidine rings is 1. The minimum absolute atomic E-state index is 0.0111. The van der Waals surface area contributed by atoms with Gasteiger partial charge in [0.15, 0.2) is 6.61 Å². The van der Waals surface area contributed by atoms with Crippen LogP contribution in [0, 0.1) is 5.92 Å². The molecular weight excluding hydrogens is 324 g/mol. The molecule has 138 valence electrons. The number of rotatable bonds is 6. The van der Waals surface area contributed by atoms with Crippen molar-refractivity contribution in [2.24, 2.45) is 5.92 Å². The number of nitrogens with zero attached hydrogens (tertiary/aromatic N) is 1. The Morgan fingerprint density at radius 1 is 1.08 bits per heavy atom. The molecule has 1 fully saturated rings. The van der Waals surface area contributed by atoms with E-state index in [2.05, 4.69) is 36.2 Å². The third-order valence-electron chi connectivity index (χ3n) is 5.00. The van der Waals surface area contributed by atoms with Gasteiger partial charge in [-0.25, -0.2) is 0 Å². The number of carbonyl (C=O) groups is 1. The summed E-state index contributed by atoms with van der Waals surface area (Å²) in [6.45, 7) is 6.66. The monoisotopic (exact) mass is 352 g/mol. The average Bonchev–Trinajstić information content (AvgIpc) is 2.68. The van der Waals surface area contributed by atoms with Gasteiger partial charge in [-0.1, -0.05) is 26.0 Å². The lowest BCUT2D eigenvalue weighted by Gasteiger charge is -2.32. The summed E-state index contributed by atoms with van der Waals surface area (Å²) in [5.74, 6) is 1.39. The molecule has 1 amide bonds. The molecule has 4 nitrogen and oxygen atoms in total. The van der Waals surface area contributed by atoms with Gasteiger partial charge in [-0.2, -0.15) is 0 Å². The number of amides is 1. The van der Waals surface area contributed by atoms with Crippen LogP contribution in [0.3, 0.4) is 0 Å². The molecule has 26 heavy (non-hydrogen) atoms. The molecule has 1 N–H and O–H groups in total. The maximum Gasteiger partial charge on any atom is 0.262 e. The number of nitrogens with one attached hydrogen (secondary N) is 1. The van der Waals surface area contributed by atoms with Crippen LogP contribution in [-0.2, 0) is 11.2 Å². The van der Waals surface area contributed by atoms with Crippen LogP contribution in [0.1, 0.15) is 32.3 Å². The lowest BCUT2D eigenvalue weighted by atomic mass is 9.99. The first-order valence-corrected chi connectivity index (χ1v) is 9.50. The molecule has 4 heteroatoms. The number of ether oxygens (including phenoxy) is 1. The highest BCUT2D eigenvalue weighted by atomic mass is 16.5. The minimum atomic E-state index is -0.149. The molecule has 3 rings (SSSR count). The maximum absolute atomic E-state index is 12.1. The molecular formula is C22H28N2O2. The summed E-state index contributed by atoms with van der Waals surface area (Å²) >= 11 is 0. The number of anilines is 2. The number of hydrogen-bond acceptors (Lipinski definition) is 3. The lowest BCUT2D eigenvalue weighted by molar-refractivity contribution is -0.118. The van der Waals surface area contributed by atoms with Gasteiger partial charge >= 0.3 is 0 Å². The molecule has 0 aromatic heterocycles. The smallest absolute Gasteiger partial charge is 0.262 e. The van der Waals surface area contributed by atoms with Gasteiger partial charge < -0.3 is 15.0 Å². The second-order valence-electron chi connectivity index (χ2n) is 7.05. The summed E-state index contributed by atoms with van der Waals surface area (Å²) in [6, 6.07) is 15.9. The fourth-order valence-corrected chi connectivity index (χ4v) is 3.19. The zero-order valence-corrected chi connectivity index (χ0v) is 15.7. The molecule has 0 bridgehead atoms. The third kappa shape index (κ3) is 5.01. The van der Waals surface area contributed by atoms with Crippen LogP contribution < -0.4 is 15.0 Å². The first-order chi connectivity index (χ1) is 12.6. The molecule has 2 aromatic carbocycles. The van der Waals surface area contributed by atoms with Crippen molar-refractivity contribution in [1.29, 1.82) is 0 Å². The second kappa shape index (κ2) is 8.75. The van der Waals surface area contributed by atoms with Crippen LogP contribution in [0.2, 0.25) is 0 Å². The Kier molecular flexibility index (Phi) is 6.16. The largest absolute Gasteiger partial charge is 0.484 e. The van der Waals surface area contributed by atoms with E-state index in [0.717, 1.165) is 31.1 Å². The van der Waals surface area contributed by atoms with Gasteiger partial charge in [-0.05, 0) is 67.1 Å². The zero-order chi connectivity index (χ0) is 18.4. The van der Waals surface area contributed by atoms with Gasteiger partial charge in [0.2, 0.25) is 0 Å². The van der Waals surface area contributed by atoms with Crippen molar-refractivity contribution in [2.75, 3.05) is 29.9 Å². The van der Waals surface area contributed by atoms with Crippen molar-refractivity contribution in [3.05, 3.63) is 54.1 Å². The molecule has 1 aliphatic heterocycles. The van der Waals surface area contributed by atoms with Gasteiger partial charge in [0.25, 0.3) is 5.91 Å². The Balaban J connectivity index is 1.47. The fraction of sp³-hybridized carbons (Fsp3) is 0.409. The van der Waals surface area contributed by atoms with E-state index in [0.29, 0.717) is 5.75 Å². The molecule has 1 aliphatic rings. The molecule has 0 aliphatic carbocycles. The van der Waals surface area contributed by atoms with Gasteiger partial charge in [0.1, 0.15) is 5.75 Å². The predicted octanol–water partition coefficient (Wildman–Crippen LogP) is 4.50. The molecule has 0 saturated carbocycles. The van der Waals surface area contributed by atoms with Crippen molar-refractivity contribution in [3.8, 4) is 5.75 Å². The van der Waals surface area contributed by atoms with Crippen LogP contribution in [-0.4, -0.2) is 25.6 Å². The zero-order valence-electron chi connectivity index (χ0n) is 15.7. The summed E-state index contributed by atoms with van der Waals surface area (Å²) in [6.07, 6.45) is 3.48. The summed E-state index contributed by atoms with van der Waals surface area (Å²) < 4.78 is 5.55. The minimum Gasteiger partial charge on any atom is -0.484 e. The van der Waals surface area contributed by atoms with Gasteiger partial charge in [-0.15, -0.1) is 0 Å². The first kappa shape index (κ1) is 18.3. The highest BCUT2D eigenvalue weighted by Crippen LogP contribution is 2.24. The van der Waals surface area contributed by atoms with E-state index in [9.17, 15) is 4.79 Å². The number of benzene rings is 2. The lowest BCUT2D eigenvalue weighted by Crippen LogP contribution is -2.32. The number of hydrogen-bond donors (Lipinski definition) is 1. The van der Waals surface area contributed by atoms with Crippen molar-refractivity contribution < 1.29 is 9.53 Å². The van der Waals surface area contributed by atoms with Crippen LogP contribution in [0.25, 0.3) is 0 Å². The van der Waals surface area contributed by atoms with Crippen molar-refractivity contribution in [3.63, 3.8) is 0 Å². The maximum atomic E-state index is 12.1. The van der Waals surface area contributed by atoms with E-state index in [4.69, 9.17) is 4.74 Å². The molecule has 0 atom stereocenters. The van der Waals surface area contributed by atoms with Crippen LogP contribution >= 0.6 is 0 Å². The second-order valence-corrected chi connectivity index (χ2v) is 7.05. The predicted molar refractivity (Wildman–Crippen MR) is 107 cm³/mol. The SMILES string of the molecule is CCc1ccc(OCC(=O)Nc2ccc(N3CCC(C)CC3)cc2)cc1. The number of carbonyl (C=O) groups excluding carboxylic acids is 1. The molecule has 1 heterocycles. The van der Waals surface area contributed by atoms with E-state index in [1.807, 2.05) is 36.4 Å². The van der Waals surface area contributed by atoms with E-state index in [1.54, 1.807) is 0 Å². The molecule has 0 spiro atoms. The normalized spacial score (nSPS) is 14.9. The van der Waals surface area contributed by atoms with E-state index < -0.39 is 0 Å². The Labute approximate surface area is 156 Å². The van der Waals surface area contributed by atoms with Gasteiger partial charge in [-0.3, -0.25) is 4.79 Å². The molecule has 1 saturated heterocycles. The Hall–Kier alpha value is -2.49. The molecule has 0 radical (unpaired) electrons. The van der Waals surface area contributed by atoms with Crippen molar-refractivity contribution in [1.82, 2.24) is 0 Å². The third-order valence-corrected chi connectivity index (χ3v) is 5.00. The van der Waals surface area contributed by atoms with Crippen LogP contribution in [0.4, 0.5) is 11.4 Å². The topological polar surface area (TPSA) is 41.6 Å². The van der Waals surface area contributed by atoms with Gasteiger partial charge in [0.05, 0.1) is 0 Å². The number of aryl methyl sites for hydroxylation is 1. The summed E-state index contributed by atoms with van der Waals surface area (Å²) in [5, 5.41) is 2.89. The van der Waals surface area contributed by atoms with Crippen LogP contribution in [0.15, 0.2) is 48.5 Å². The summed E-state index contributed by atoms with van der Waals surface area (Å²) in [5.41, 5.74) is 3.28. The van der Waals surface area contributed by atoms with Crippen molar-refractivity contribution in [2.45, 2.75) is 33.1 Å². The van der Waals surface area contributed by atoms with E-state index >= 15 is 0 Å². The Bertz CT molecular complexity index is 702. The highest BCUT2D eigenvalue weighted by molar-refractivity contribution is 5.92. The Morgan fingerprint density at radius 2 is 1.73 bits per heavy atom. The molecule has 0 unspecified atom stereocenters. The highest BCUT2D eigenvalue weighted by Gasteiger charge is 2.15. The van der Waals surface area contributed by atoms with Crippen LogP contribution in [0.5, 0.6) is 5.75 Å². The first-order valence-electron chi connectivity index (χ1n) is 9.50. The quantitative estimate of drug-likeness (QED) is 0.832. The fourth-order valence-electron chi connectivity index (χ4n) is 3.19. The van der Waals surface area contributed by atoms with Gasteiger partial charge in [0, 0.05) is 24.5 Å². The van der Waals surface area contributed by atoms with Crippen molar-refractivity contribution >= 4 is 17.3 Å². The standard InChI is InChI=1S/C22H28N2O2/c1-3-18-4-10-21(11-5-18)26-16-22(25)23-19-6-8-20(9-7-19)24-14-12-17(2)13-15-24/h4-11,17H,3,12-16H2,1-2H3,(H,23,25). The average molecular weight is 352 g/mol.